The summed E-state index contributed by atoms with van der Waals surface area (Å²) in [5.41, 5.74) is 1.15. The summed E-state index contributed by atoms with van der Waals surface area (Å²) in [6.07, 6.45) is 5.27. The van der Waals surface area contributed by atoms with Crippen LogP contribution >= 0.6 is 0 Å². The molecule has 2 heterocycles. The van der Waals surface area contributed by atoms with Gasteiger partial charge in [-0.2, -0.15) is 0 Å². The molecule has 0 spiro atoms. The Labute approximate surface area is 165 Å². The maximum Gasteiger partial charge on any atom is 0.242 e. The number of ether oxygens (including phenoxy) is 1. The maximum atomic E-state index is 12.7. The van der Waals surface area contributed by atoms with Crippen molar-refractivity contribution in [2.75, 3.05) is 19.6 Å². The Bertz CT molecular complexity index is 703. The molecule has 150 valence electrons. The first kappa shape index (κ1) is 19.1. The Morgan fingerprint density at radius 2 is 1.54 bits per heavy atom. The lowest BCUT2D eigenvalue weighted by molar-refractivity contribution is -0.147. The minimum atomic E-state index is -0.189. The van der Waals surface area contributed by atoms with Crippen molar-refractivity contribution in [1.82, 2.24) is 9.80 Å². The molecule has 2 saturated heterocycles. The molecule has 6 nitrogen and oxygen atoms in total. The number of amides is 3. The zero-order valence-corrected chi connectivity index (χ0v) is 16.2. The summed E-state index contributed by atoms with van der Waals surface area (Å²) in [6, 6.07) is 10.1. The molecule has 2 atom stereocenters. The van der Waals surface area contributed by atoms with Crippen LogP contribution in [0, 0.1) is 11.8 Å². The highest BCUT2D eigenvalue weighted by atomic mass is 16.5. The van der Waals surface area contributed by atoms with Crippen LogP contribution in [0.15, 0.2) is 30.3 Å². The first-order valence-corrected chi connectivity index (χ1v) is 10.4. The highest BCUT2D eigenvalue weighted by Crippen LogP contribution is 2.37. The Morgan fingerprint density at radius 3 is 2.14 bits per heavy atom. The zero-order valence-electron chi connectivity index (χ0n) is 16.2. The largest absolute Gasteiger partial charge is 0.373 e. The molecule has 4 rings (SSSR count). The van der Waals surface area contributed by atoms with Crippen molar-refractivity contribution in [2.24, 2.45) is 11.8 Å². The third-order valence-corrected chi connectivity index (χ3v) is 6.35. The number of imide groups is 1. The molecule has 2 aliphatic heterocycles. The van der Waals surface area contributed by atoms with E-state index < -0.39 is 0 Å². The van der Waals surface area contributed by atoms with Crippen LogP contribution in [0.5, 0.6) is 0 Å². The SMILES string of the molecule is O=C(CN1C(=O)C2CCCCC2C1=O)N1CCC(OCc2ccccc2)CC1. The third-order valence-electron chi connectivity index (χ3n) is 6.35. The van der Waals surface area contributed by atoms with Crippen LogP contribution in [0.25, 0.3) is 0 Å². The zero-order chi connectivity index (χ0) is 19.5. The molecule has 0 bridgehead atoms. The fourth-order valence-electron chi connectivity index (χ4n) is 4.68. The van der Waals surface area contributed by atoms with Gasteiger partial charge < -0.3 is 9.64 Å². The van der Waals surface area contributed by atoms with Gasteiger partial charge in [-0.3, -0.25) is 19.3 Å². The molecule has 0 N–H and O–H groups in total. The van der Waals surface area contributed by atoms with Gasteiger partial charge in [0, 0.05) is 13.1 Å². The average molecular weight is 384 g/mol. The second-order valence-electron chi connectivity index (χ2n) is 8.14. The second-order valence-corrected chi connectivity index (χ2v) is 8.14. The van der Waals surface area contributed by atoms with Gasteiger partial charge in [-0.25, -0.2) is 0 Å². The lowest BCUT2D eigenvalue weighted by Gasteiger charge is -2.32. The molecular formula is C22H28N2O4. The first-order chi connectivity index (χ1) is 13.6. The first-order valence-electron chi connectivity index (χ1n) is 10.4. The highest BCUT2D eigenvalue weighted by molar-refractivity contribution is 6.07. The summed E-state index contributed by atoms with van der Waals surface area (Å²) >= 11 is 0. The van der Waals surface area contributed by atoms with Crippen LogP contribution in [0.3, 0.4) is 0 Å². The molecule has 0 aromatic heterocycles. The van der Waals surface area contributed by atoms with E-state index in [4.69, 9.17) is 4.74 Å². The van der Waals surface area contributed by atoms with E-state index >= 15 is 0 Å². The van der Waals surface area contributed by atoms with E-state index in [2.05, 4.69) is 0 Å². The van der Waals surface area contributed by atoms with E-state index in [0.717, 1.165) is 44.1 Å². The van der Waals surface area contributed by atoms with Crippen LogP contribution in [-0.2, 0) is 25.7 Å². The van der Waals surface area contributed by atoms with Crippen molar-refractivity contribution in [3.8, 4) is 0 Å². The summed E-state index contributed by atoms with van der Waals surface area (Å²) < 4.78 is 5.97. The molecule has 3 aliphatic rings. The fourth-order valence-corrected chi connectivity index (χ4v) is 4.68. The normalized spacial score (nSPS) is 25.9. The number of likely N-dealkylation sites (tertiary alicyclic amines) is 2. The van der Waals surface area contributed by atoms with Crippen molar-refractivity contribution >= 4 is 17.7 Å². The van der Waals surface area contributed by atoms with Gasteiger partial charge in [-0.15, -0.1) is 0 Å². The Morgan fingerprint density at radius 1 is 0.929 bits per heavy atom. The van der Waals surface area contributed by atoms with Crippen LogP contribution in [-0.4, -0.2) is 53.3 Å². The second kappa shape index (κ2) is 8.43. The van der Waals surface area contributed by atoms with E-state index in [-0.39, 0.29) is 42.2 Å². The van der Waals surface area contributed by atoms with E-state index in [9.17, 15) is 14.4 Å². The van der Waals surface area contributed by atoms with Crippen LogP contribution in [0.2, 0.25) is 0 Å². The van der Waals surface area contributed by atoms with Gasteiger partial charge in [0.15, 0.2) is 0 Å². The molecule has 1 aromatic carbocycles. The van der Waals surface area contributed by atoms with Gasteiger partial charge in [0.2, 0.25) is 17.7 Å². The number of fused-ring (bicyclic) bond motifs is 1. The van der Waals surface area contributed by atoms with E-state index in [1.165, 1.54) is 4.90 Å². The van der Waals surface area contributed by atoms with Crippen LogP contribution < -0.4 is 0 Å². The quantitative estimate of drug-likeness (QED) is 0.731. The monoisotopic (exact) mass is 384 g/mol. The Hall–Kier alpha value is -2.21. The third kappa shape index (κ3) is 3.97. The van der Waals surface area contributed by atoms with Gasteiger partial charge in [0.25, 0.3) is 0 Å². The van der Waals surface area contributed by atoms with Crippen molar-refractivity contribution < 1.29 is 19.1 Å². The molecule has 3 fully saturated rings. The fraction of sp³-hybridized carbons (Fsp3) is 0.591. The predicted octanol–water partition coefficient (Wildman–Crippen LogP) is 2.37. The van der Waals surface area contributed by atoms with Gasteiger partial charge in [-0.05, 0) is 31.2 Å². The summed E-state index contributed by atoms with van der Waals surface area (Å²) in [4.78, 5) is 40.8. The van der Waals surface area contributed by atoms with Gasteiger partial charge in [0.05, 0.1) is 24.5 Å². The Kier molecular flexibility index (Phi) is 5.76. The number of piperidine rings is 1. The van der Waals surface area contributed by atoms with Crippen molar-refractivity contribution in [3.63, 3.8) is 0 Å². The summed E-state index contributed by atoms with van der Waals surface area (Å²) in [5.74, 6) is -0.771. The van der Waals surface area contributed by atoms with Crippen molar-refractivity contribution in [1.29, 1.82) is 0 Å². The summed E-state index contributed by atoms with van der Waals surface area (Å²) in [5, 5.41) is 0. The van der Waals surface area contributed by atoms with Gasteiger partial charge >= 0.3 is 0 Å². The van der Waals surface area contributed by atoms with Gasteiger partial charge in [-0.1, -0.05) is 43.2 Å². The Balaban J connectivity index is 1.25. The van der Waals surface area contributed by atoms with E-state index in [1.807, 2.05) is 30.3 Å². The number of rotatable bonds is 5. The molecule has 0 radical (unpaired) electrons. The van der Waals surface area contributed by atoms with Crippen LogP contribution in [0.1, 0.15) is 44.1 Å². The predicted molar refractivity (Wildman–Crippen MR) is 103 cm³/mol. The smallest absolute Gasteiger partial charge is 0.242 e. The van der Waals surface area contributed by atoms with Crippen molar-refractivity contribution in [2.45, 2.75) is 51.2 Å². The lowest BCUT2D eigenvalue weighted by Crippen LogP contribution is -2.47. The van der Waals surface area contributed by atoms with E-state index in [1.54, 1.807) is 4.90 Å². The number of carbonyl (C=O) groups is 3. The molecule has 2 unspecified atom stereocenters. The van der Waals surface area contributed by atoms with Crippen LogP contribution in [0.4, 0.5) is 0 Å². The number of carbonyl (C=O) groups excluding carboxylic acids is 3. The topological polar surface area (TPSA) is 66.9 Å². The highest BCUT2D eigenvalue weighted by Gasteiger charge is 2.48. The standard InChI is InChI=1S/C22H28N2O4/c25-20(14-24-21(26)18-8-4-5-9-19(18)22(24)27)23-12-10-17(11-13-23)28-15-16-6-2-1-3-7-16/h1-3,6-7,17-19H,4-5,8-15H2. The molecule has 1 aliphatic carbocycles. The average Bonchev–Trinajstić information content (AvgIpc) is 2.98. The summed E-state index contributed by atoms with van der Waals surface area (Å²) in [7, 11) is 0. The number of hydrogen-bond acceptors (Lipinski definition) is 4. The minimum Gasteiger partial charge on any atom is -0.373 e. The molecule has 6 heteroatoms. The number of nitrogens with zero attached hydrogens (tertiary/aromatic N) is 2. The molecule has 1 saturated carbocycles. The number of benzene rings is 1. The van der Waals surface area contributed by atoms with E-state index in [0.29, 0.717) is 19.7 Å². The molecule has 1 aromatic rings. The lowest BCUT2D eigenvalue weighted by atomic mass is 9.81. The molecular weight excluding hydrogens is 356 g/mol. The minimum absolute atomic E-state index is 0.0970. The van der Waals surface area contributed by atoms with Crippen molar-refractivity contribution in [3.05, 3.63) is 35.9 Å². The number of hydrogen-bond donors (Lipinski definition) is 0. The summed E-state index contributed by atoms with van der Waals surface area (Å²) in [6.45, 7) is 1.71. The molecule has 3 amide bonds. The van der Waals surface area contributed by atoms with Gasteiger partial charge in [0.1, 0.15) is 6.54 Å². The molecule has 28 heavy (non-hydrogen) atoms. The maximum absolute atomic E-state index is 12.7.